The molecule has 0 spiro atoms. The summed E-state index contributed by atoms with van der Waals surface area (Å²) in [7, 11) is 1.96. The first kappa shape index (κ1) is 20.3. The molecule has 1 aliphatic heterocycles. The molecule has 3 rings (SSSR count). The van der Waals surface area contributed by atoms with Crippen LogP contribution in [-0.4, -0.2) is 34.7 Å². The van der Waals surface area contributed by atoms with Crippen molar-refractivity contribution in [2.24, 2.45) is 4.99 Å². The second-order valence-corrected chi connectivity index (χ2v) is 7.30. The molecule has 2 aromatic rings. The topological polar surface area (TPSA) is 18.8 Å². The Labute approximate surface area is 168 Å². The highest BCUT2D eigenvalue weighted by Gasteiger charge is 2.31. The number of nitrogens with zero attached hydrogens (tertiary/aromatic N) is 3. The summed E-state index contributed by atoms with van der Waals surface area (Å²) in [5.74, 6) is 0. The van der Waals surface area contributed by atoms with Crippen LogP contribution in [0.4, 0.5) is 18.9 Å². The van der Waals surface area contributed by atoms with Crippen molar-refractivity contribution in [1.29, 1.82) is 0 Å². The van der Waals surface area contributed by atoms with Crippen molar-refractivity contribution in [3.05, 3.63) is 64.2 Å². The van der Waals surface area contributed by atoms with E-state index in [4.69, 9.17) is 12.2 Å². The second kappa shape index (κ2) is 7.91. The minimum absolute atomic E-state index is 0.341. The molecule has 148 valence electrons. The Morgan fingerprint density at radius 3 is 2.68 bits per heavy atom. The number of benzene rings is 2. The molecule has 0 unspecified atom stereocenters. The van der Waals surface area contributed by atoms with E-state index >= 15 is 0 Å². The first-order chi connectivity index (χ1) is 13.2. The van der Waals surface area contributed by atoms with Gasteiger partial charge in [-0.2, -0.15) is 13.2 Å². The monoisotopic (exact) mass is 405 g/mol. The van der Waals surface area contributed by atoms with Crippen LogP contribution < -0.4 is 0 Å². The molecule has 0 fully saturated rings. The van der Waals surface area contributed by atoms with Gasteiger partial charge >= 0.3 is 6.18 Å². The van der Waals surface area contributed by atoms with Gasteiger partial charge in [0.25, 0.3) is 0 Å². The van der Waals surface area contributed by atoms with E-state index in [1.807, 2.05) is 42.8 Å². The average Bonchev–Trinajstić information content (AvgIpc) is 2.97. The van der Waals surface area contributed by atoms with Gasteiger partial charge in [0.05, 0.1) is 17.6 Å². The Bertz CT molecular complexity index is 922. The maximum Gasteiger partial charge on any atom is 0.416 e. The molecule has 0 aliphatic carbocycles. The quantitative estimate of drug-likeness (QED) is 0.381. The van der Waals surface area contributed by atoms with Crippen LogP contribution in [0.3, 0.4) is 0 Å². The van der Waals surface area contributed by atoms with E-state index in [-0.39, 0.29) is 0 Å². The fourth-order valence-corrected chi connectivity index (χ4v) is 3.48. The zero-order valence-corrected chi connectivity index (χ0v) is 16.9. The van der Waals surface area contributed by atoms with Crippen molar-refractivity contribution in [3.63, 3.8) is 0 Å². The number of fused-ring (bicyclic) bond motifs is 1. The molecule has 1 aliphatic rings. The fraction of sp³-hybridized carbons (Fsp3) is 0.333. The minimum atomic E-state index is -4.35. The van der Waals surface area contributed by atoms with E-state index in [1.165, 1.54) is 12.1 Å². The summed E-state index contributed by atoms with van der Waals surface area (Å²) in [4.78, 5) is 9.13. The molecule has 0 saturated carbocycles. The zero-order valence-electron chi connectivity index (χ0n) is 16.0. The second-order valence-electron chi connectivity index (χ2n) is 6.91. The summed E-state index contributed by atoms with van der Waals surface area (Å²) in [5, 5.41) is 0. The lowest BCUT2D eigenvalue weighted by Crippen LogP contribution is -2.22. The van der Waals surface area contributed by atoms with Crippen LogP contribution in [0.25, 0.3) is 0 Å². The predicted octanol–water partition coefficient (Wildman–Crippen LogP) is 5.32. The molecular weight excluding hydrogens is 383 g/mol. The number of alkyl halides is 3. The number of rotatable bonds is 5. The molecular formula is C21H22F3N3S. The molecule has 28 heavy (non-hydrogen) atoms. The normalized spacial score (nSPS) is 14.1. The molecule has 0 saturated heterocycles. The molecule has 0 radical (unpaired) electrons. The van der Waals surface area contributed by atoms with Gasteiger partial charge in [0.2, 0.25) is 0 Å². The van der Waals surface area contributed by atoms with Gasteiger partial charge in [0.1, 0.15) is 4.99 Å². The Hall–Kier alpha value is -2.41. The van der Waals surface area contributed by atoms with Crippen LogP contribution in [-0.2, 0) is 19.3 Å². The zero-order chi connectivity index (χ0) is 20.5. The van der Waals surface area contributed by atoms with E-state index in [0.717, 1.165) is 35.0 Å². The van der Waals surface area contributed by atoms with Crippen LogP contribution in [0, 0.1) is 6.92 Å². The maximum absolute atomic E-state index is 13.0. The minimum Gasteiger partial charge on any atom is -0.366 e. The van der Waals surface area contributed by atoms with Gasteiger partial charge in [-0.3, -0.25) is 0 Å². The maximum atomic E-state index is 13.0. The van der Waals surface area contributed by atoms with Gasteiger partial charge in [-0.1, -0.05) is 24.4 Å². The molecule has 0 bridgehead atoms. The highest BCUT2D eigenvalue weighted by atomic mass is 32.1. The first-order valence-electron chi connectivity index (χ1n) is 9.03. The van der Waals surface area contributed by atoms with Gasteiger partial charge in [0.15, 0.2) is 0 Å². The van der Waals surface area contributed by atoms with Crippen LogP contribution in [0.15, 0.2) is 41.4 Å². The third-order valence-corrected chi connectivity index (χ3v) is 5.44. The van der Waals surface area contributed by atoms with Crippen molar-refractivity contribution in [3.8, 4) is 0 Å². The lowest BCUT2D eigenvalue weighted by atomic mass is 10.0. The Balaban J connectivity index is 1.82. The van der Waals surface area contributed by atoms with Crippen LogP contribution in [0.2, 0.25) is 0 Å². The molecule has 7 heteroatoms. The predicted molar refractivity (Wildman–Crippen MR) is 110 cm³/mol. The van der Waals surface area contributed by atoms with Gasteiger partial charge < -0.3 is 9.80 Å². The van der Waals surface area contributed by atoms with Crippen LogP contribution in [0.1, 0.15) is 34.7 Å². The Morgan fingerprint density at radius 2 is 2.00 bits per heavy atom. The van der Waals surface area contributed by atoms with Gasteiger partial charge in [-0.15, -0.1) is 0 Å². The standard InChI is InChI=1S/C21H22F3N3S/c1-4-26(3)13-25-19-9-8-17-18(14(19)2)12-27(20(17)28)11-15-6-5-7-16(10-15)21(22,23)24/h5-10,13H,4,11-12H2,1-3H3. The molecule has 1 heterocycles. The molecule has 0 N–H and O–H groups in total. The van der Waals surface area contributed by atoms with E-state index < -0.39 is 11.7 Å². The molecule has 3 nitrogen and oxygen atoms in total. The van der Waals surface area contributed by atoms with E-state index in [0.29, 0.717) is 23.6 Å². The number of halogens is 3. The highest BCUT2D eigenvalue weighted by Crippen LogP contribution is 2.34. The SMILES string of the molecule is CCN(C)C=Nc1ccc2c(c1C)CN(Cc1cccc(C(F)(F)F)c1)C2=S. The summed E-state index contributed by atoms with van der Waals surface area (Å²) in [5.41, 5.74) is 3.92. The third-order valence-electron chi connectivity index (χ3n) is 4.96. The van der Waals surface area contributed by atoms with Crippen LogP contribution >= 0.6 is 12.2 Å². The highest BCUT2D eigenvalue weighted by molar-refractivity contribution is 7.80. The Kier molecular flexibility index (Phi) is 5.74. The lowest BCUT2D eigenvalue weighted by molar-refractivity contribution is -0.137. The number of thiocarbonyl (C=S) groups is 1. The summed E-state index contributed by atoms with van der Waals surface area (Å²) in [6.45, 7) is 5.83. The lowest BCUT2D eigenvalue weighted by Gasteiger charge is -2.19. The molecule has 0 amide bonds. The van der Waals surface area contributed by atoms with E-state index in [1.54, 1.807) is 12.4 Å². The van der Waals surface area contributed by atoms with Gasteiger partial charge in [0, 0.05) is 32.2 Å². The van der Waals surface area contributed by atoms with Crippen molar-refractivity contribution < 1.29 is 13.2 Å². The summed E-state index contributed by atoms with van der Waals surface area (Å²) >= 11 is 5.59. The Morgan fingerprint density at radius 1 is 1.25 bits per heavy atom. The fourth-order valence-electron chi connectivity index (χ4n) is 3.16. The third kappa shape index (κ3) is 4.19. The van der Waals surface area contributed by atoms with Crippen LogP contribution in [0.5, 0.6) is 0 Å². The summed E-state index contributed by atoms with van der Waals surface area (Å²) in [6, 6.07) is 9.30. The average molecular weight is 405 g/mol. The number of hydrogen-bond donors (Lipinski definition) is 0. The van der Waals surface area contributed by atoms with Crippen molar-refractivity contribution >= 4 is 29.2 Å². The molecule has 2 aromatic carbocycles. The smallest absolute Gasteiger partial charge is 0.366 e. The molecule has 0 atom stereocenters. The van der Waals surface area contributed by atoms with E-state index in [2.05, 4.69) is 4.99 Å². The van der Waals surface area contributed by atoms with Gasteiger partial charge in [-0.05, 0) is 54.8 Å². The largest absolute Gasteiger partial charge is 0.416 e. The summed E-state index contributed by atoms with van der Waals surface area (Å²) in [6.07, 6.45) is -2.55. The summed E-state index contributed by atoms with van der Waals surface area (Å²) < 4.78 is 38.9. The first-order valence-corrected chi connectivity index (χ1v) is 9.44. The molecule has 0 aromatic heterocycles. The van der Waals surface area contributed by atoms with Crippen molar-refractivity contribution in [2.45, 2.75) is 33.1 Å². The van der Waals surface area contributed by atoms with Gasteiger partial charge in [-0.25, -0.2) is 4.99 Å². The number of aliphatic imine (C=N–C) groups is 1. The van der Waals surface area contributed by atoms with Crippen molar-refractivity contribution in [1.82, 2.24) is 9.80 Å². The van der Waals surface area contributed by atoms with E-state index in [9.17, 15) is 13.2 Å². The number of hydrogen-bond acceptors (Lipinski definition) is 2. The van der Waals surface area contributed by atoms with Crippen molar-refractivity contribution in [2.75, 3.05) is 13.6 Å².